The Labute approximate surface area is 148 Å². The maximum absolute atomic E-state index is 12.2. The van der Waals surface area contributed by atoms with Gasteiger partial charge in [-0.25, -0.2) is 9.67 Å². The van der Waals surface area contributed by atoms with E-state index in [2.05, 4.69) is 20.6 Å². The Morgan fingerprint density at radius 2 is 2.08 bits per heavy atom. The molecule has 0 saturated heterocycles. The van der Waals surface area contributed by atoms with Gasteiger partial charge in [0, 0.05) is 12.5 Å². The van der Waals surface area contributed by atoms with Crippen LogP contribution in [-0.2, 0) is 17.9 Å². The van der Waals surface area contributed by atoms with Crippen molar-refractivity contribution in [2.45, 2.75) is 13.2 Å². The van der Waals surface area contributed by atoms with Crippen molar-refractivity contribution in [1.29, 1.82) is 0 Å². The van der Waals surface area contributed by atoms with E-state index in [9.17, 15) is 4.79 Å². The van der Waals surface area contributed by atoms with Gasteiger partial charge in [0.25, 0.3) is 5.91 Å². The molecular formula is C16H17N5O3S. The van der Waals surface area contributed by atoms with E-state index in [1.807, 2.05) is 29.6 Å². The van der Waals surface area contributed by atoms with Crippen LogP contribution in [0.5, 0.6) is 5.75 Å². The van der Waals surface area contributed by atoms with Gasteiger partial charge in [0.1, 0.15) is 10.8 Å². The molecule has 0 spiro atoms. The van der Waals surface area contributed by atoms with E-state index in [0.29, 0.717) is 13.2 Å². The van der Waals surface area contributed by atoms with Crippen LogP contribution < -0.4 is 10.1 Å². The third-order valence-electron chi connectivity index (χ3n) is 3.36. The van der Waals surface area contributed by atoms with Crippen LogP contribution in [0.25, 0.3) is 5.69 Å². The van der Waals surface area contributed by atoms with Crippen molar-refractivity contribution in [2.75, 3.05) is 14.2 Å². The van der Waals surface area contributed by atoms with Crippen LogP contribution in [0.2, 0.25) is 0 Å². The standard InChI is InChI=1S/C16H17N5O3S/c1-23-9-15-18-11(10-25-15)7-17-16(22)14-8-21(20-19-14)12-3-5-13(24-2)6-4-12/h3-6,8,10H,7,9H2,1-2H3,(H,17,22). The molecule has 25 heavy (non-hydrogen) atoms. The lowest BCUT2D eigenvalue weighted by molar-refractivity contribution is 0.0945. The van der Waals surface area contributed by atoms with Crippen molar-refractivity contribution >= 4 is 17.2 Å². The maximum atomic E-state index is 12.2. The van der Waals surface area contributed by atoms with E-state index >= 15 is 0 Å². The number of carbonyl (C=O) groups excluding carboxylic acids is 1. The summed E-state index contributed by atoms with van der Waals surface area (Å²) < 4.78 is 11.7. The van der Waals surface area contributed by atoms with E-state index < -0.39 is 0 Å². The molecule has 0 radical (unpaired) electrons. The van der Waals surface area contributed by atoms with Crippen molar-refractivity contribution in [1.82, 2.24) is 25.3 Å². The molecule has 0 bridgehead atoms. The first kappa shape index (κ1) is 17.1. The molecule has 1 N–H and O–H groups in total. The molecule has 0 unspecified atom stereocenters. The Kier molecular flexibility index (Phi) is 5.36. The molecule has 0 atom stereocenters. The zero-order valence-corrected chi connectivity index (χ0v) is 14.6. The lowest BCUT2D eigenvalue weighted by atomic mass is 10.3. The van der Waals surface area contributed by atoms with Gasteiger partial charge in [0.05, 0.1) is 37.8 Å². The van der Waals surface area contributed by atoms with Crippen LogP contribution in [0.3, 0.4) is 0 Å². The van der Waals surface area contributed by atoms with E-state index in [0.717, 1.165) is 22.1 Å². The molecule has 0 aliphatic heterocycles. The fourth-order valence-corrected chi connectivity index (χ4v) is 2.87. The fraction of sp³-hybridized carbons (Fsp3) is 0.250. The van der Waals surface area contributed by atoms with Crippen LogP contribution >= 0.6 is 11.3 Å². The Bertz CT molecular complexity index is 844. The minimum absolute atomic E-state index is 0.239. The summed E-state index contributed by atoms with van der Waals surface area (Å²) in [6, 6.07) is 7.30. The third kappa shape index (κ3) is 4.20. The highest BCUT2D eigenvalue weighted by molar-refractivity contribution is 7.09. The van der Waals surface area contributed by atoms with Crippen molar-refractivity contribution in [3.8, 4) is 11.4 Å². The molecule has 3 rings (SSSR count). The van der Waals surface area contributed by atoms with Gasteiger partial charge in [0.2, 0.25) is 0 Å². The highest BCUT2D eigenvalue weighted by atomic mass is 32.1. The quantitative estimate of drug-likeness (QED) is 0.692. The molecule has 130 valence electrons. The third-order valence-corrected chi connectivity index (χ3v) is 4.23. The second kappa shape index (κ2) is 7.86. The summed E-state index contributed by atoms with van der Waals surface area (Å²) in [5.41, 5.74) is 1.81. The number of hydrogen-bond donors (Lipinski definition) is 1. The van der Waals surface area contributed by atoms with Gasteiger partial charge in [-0.1, -0.05) is 5.21 Å². The number of aromatic nitrogens is 4. The van der Waals surface area contributed by atoms with Gasteiger partial charge < -0.3 is 14.8 Å². The predicted octanol–water partition coefficient (Wildman–Crippen LogP) is 1.81. The largest absolute Gasteiger partial charge is 0.497 e. The van der Waals surface area contributed by atoms with Crippen LogP contribution in [-0.4, -0.2) is 40.1 Å². The summed E-state index contributed by atoms with van der Waals surface area (Å²) in [5, 5.41) is 13.4. The number of nitrogens with one attached hydrogen (secondary N) is 1. The molecule has 2 aromatic heterocycles. The summed E-state index contributed by atoms with van der Waals surface area (Å²) >= 11 is 1.50. The van der Waals surface area contributed by atoms with Crippen LogP contribution in [0.1, 0.15) is 21.2 Å². The lowest BCUT2D eigenvalue weighted by Crippen LogP contribution is -2.23. The predicted molar refractivity (Wildman–Crippen MR) is 91.9 cm³/mol. The highest BCUT2D eigenvalue weighted by Crippen LogP contribution is 2.14. The van der Waals surface area contributed by atoms with E-state index in [4.69, 9.17) is 9.47 Å². The Balaban J connectivity index is 1.61. The van der Waals surface area contributed by atoms with Gasteiger partial charge in [-0.05, 0) is 24.3 Å². The first-order chi connectivity index (χ1) is 12.2. The van der Waals surface area contributed by atoms with Crippen molar-refractivity contribution in [3.05, 3.63) is 52.2 Å². The van der Waals surface area contributed by atoms with Gasteiger partial charge in [-0.15, -0.1) is 16.4 Å². The Morgan fingerprint density at radius 3 is 2.80 bits per heavy atom. The number of hydrogen-bond acceptors (Lipinski definition) is 7. The first-order valence-corrected chi connectivity index (χ1v) is 8.34. The topological polar surface area (TPSA) is 91.2 Å². The van der Waals surface area contributed by atoms with E-state index in [1.54, 1.807) is 20.4 Å². The minimum atomic E-state index is -0.305. The monoisotopic (exact) mass is 359 g/mol. The van der Waals surface area contributed by atoms with Gasteiger partial charge in [0.15, 0.2) is 5.69 Å². The maximum Gasteiger partial charge on any atom is 0.273 e. The number of carbonyl (C=O) groups is 1. The number of methoxy groups -OCH3 is 2. The summed E-state index contributed by atoms with van der Waals surface area (Å²) in [5.74, 6) is 0.444. The minimum Gasteiger partial charge on any atom is -0.497 e. The number of thiazole rings is 1. The van der Waals surface area contributed by atoms with E-state index in [-0.39, 0.29) is 11.6 Å². The Morgan fingerprint density at radius 1 is 1.28 bits per heavy atom. The molecular weight excluding hydrogens is 342 g/mol. The zero-order valence-electron chi connectivity index (χ0n) is 13.8. The molecule has 3 aromatic rings. The number of nitrogens with zero attached hydrogens (tertiary/aromatic N) is 4. The first-order valence-electron chi connectivity index (χ1n) is 7.47. The average Bonchev–Trinajstić information content (AvgIpc) is 3.30. The van der Waals surface area contributed by atoms with Crippen molar-refractivity contribution < 1.29 is 14.3 Å². The smallest absolute Gasteiger partial charge is 0.273 e. The zero-order chi connectivity index (χ0) is 17.6. The molecule has 8 nitrogen and oxygen atoms in total. The molecule has 0 saturated carbocycles. The SMILES string of the molecule is COCc1nc(CNC(=O)c2cn(-c3ccc(OC)cc3)nn2)cs1. The molecule has 0 aliphatic rings. The number of rotatable bonds is 7. The van der Waals surface area contributed by atoms with Crippen molar-refractivity contribution in [2.24, 2.45) is 0 Å². The Hall–Kier alpha value is -2.78. The second-order valence-corrected chi connectivity index (χ2v) is 6.04. The second-order valence-electron chi connectivity index (χ2n) is 5.09. The molecule has 1 aromatic carbocycles. The molecule has 9 heteroatoms. The van der Waals surface area contributed by atoms with Crippen LogP contribution in [0.4, 0.5) is 0 Å². The van der Waals surface area contributed by atoms with Crippen molar-refractivity contribution in [3.63, 3.8) is 0 Å². The molecule has 2 heterocycles. The fourth-order valence-electron chi connectivity index (χ4n) is 2.11. The highest BCUT2D eigenvalue weighted by Gasteiger charge is 2.12. The summed E-state index contributed by atoms with van der Waals surface area (Å²) in [6.45, 7) is 0.795. The summed E-state index contributed by atoms with van der Waals surface area (Å²) in [7, 11) is 3.22. The molecule has 0 aliphatic carbocycles. The normalized spacial score (nSPS) is 10.6. The van der Waals surface area contributed by atoms with Gasteiger partial charge >= 0.3 is 0 Å². The molecule has 1 amide bonds. The average molecular weight is 359 g/mol. The van der Waals surface area contributed by atoms with Gasteiger partial charge in [-0.2, -0.15) is 0 Å². The van der Waals surface area contributed by atoms with Crippen LogP contribution in [0.15, 0.2) is 35.8 Å². The van der Waals surface area contributed by atoms with Gasteiger partial charge in [-0.3, -0.25) is 4.79 Å². The van der Waals surface area contributed by atoms with Crippen LogP contribution in [0, 0.1) is 0 Å². The van der Waals surface area contributed by atoms with E-state index in [1.165, 1.54) is 16.0 Å². The number of amides is 1. The number of benzene rings is 1. The number of ether oxygens (including phenoxy) is 2. The summed E-state index contributed by atoms with van der Waals surface area (Å²) in [4.78, 5) is 16.6. The summed E-state index contributed by atoms with van der Waals surface area (Å²) in [6.07, 6.45) is 1.58. The molecule has 0 fully saturated rings. The lowest BCUT2D eigenvalue weighted by Gasteiger charge is -2.02.